The standard InChI is InChI=1S/C3H7O2P/c1-2-3-5-6-4/h2,4,6H,1,3H2. The van der Waals surface area contributed by atoms with Crippen LogP contribution in [-0.2, 0) is 4.52 Å². The first-order valence-corrected chi connectivity index (χ1v) is 2.39. The van der Waals surface area contributed by atoms with Crippen molar-refractivity contribution in [2.75, 3.05) is 6.61 Å². The number of hydrogen-bond donors (Lipinski definition) is 1. The predicted octanol–water partition coefficient (Wildman–Crippen LogP) is 0.690. The minimum atomic E-state index is -0.407. The van der Waals surface area contributed by atoms with Crippen molar-refractivity contribution in [2.24, 2.45) is 0 Å². The normalized spacial score (nSPS) is 10.2. The van der Waals surface area contributed by atoms with Crippen molar-refractivity contribution < 1.29 is 9.42 Å². The zero-order valence-corrected chi connectivity index (χ0v) is 4.35. The summed E-state index contributed by atoms with van der Waals surface area (Å²) in [5.41, 5.74) is 0. The Morgan fingerprint density at radius 2 is 2.67 bits per heavy atom. The maximum atomic E-state index is 7.96. The molecule has 0 saturated carbocycles. The molecule has 2 nitrogen and oxygen atoms in total. The van der Waals surface area contributed by atoms with Gasteiger partial charge in [0, 0.05) is 0 Å². The highest BCUT2D eigenvalue weighted by Gasteiger charge is 1.69. The van der Waals surface area contributed by atoms with Gasteiger partial charge >= 0.3 is 0 Å². The molecule has 0 radical (unpaired) electrons. The van der Waals surface area contributed by atoms with Crippen LogP contribution in [0, 0.1) is 0 Å². The van der Waals surface area contributed by atoms with E-state index in [2.05, 4.69) is 11.1 Å². The van der Waals surface area contributed by atoms with Crippen LogP contribution >= 0.6 is 9.03 Å². The Balaban J connectivity index is 2.49. The van der Waals surface area contributed by atoms with Crippen molar-refractivity contribution in [1.29, 1.82) is 0 Å². The summed E-state index contributed by atoms with van der Waals surface area (Å²) >= 11 is 0. The summed E-state index contributed by atoms with van der Waals surface area (Å²) in [6.45, 7) is 3.81. The first-order valence-electron chi connectivity index (χ1n) is 1.53. The third-order valence-corrected chi connectivity index (χ3v) is 0.562. The quantitative estimate of drug-likeness (QED) is 0.326. The SMILES string of the molecule is C=CCOPO. The van der Waals surface area contributed by atoms with Gasteiger partial charge in [0.1, 0.15) is 0 Å². The van der Waals surface area contributed by atoms with Gasteiger partial charge in [-0.25, -0.2) is 0 Å². The van der Waals surface area contributed by atoms with Crippen LogP contribution < -0.4 is 0 Å². The van der Waals surface area contributed by atoms with E-state index in [1.54, 1.807) is 6.08 Å². The second-order valence-corrected chi connectivity index (χ2v) is 1.16. The van der Waals surface area contributed by atoms with Crippen LogP contribution in [0.25, 0.3) is 0 Å². The lowest BCUT2D eigenvalue weighted by Gasteiger charge is -1.86. The monoisotopic (exact) mass is 106 g/mol. The molecule has 36 valence electrons. The fraction of sp³-hybridized carbons (Fsp3) is 0.333. The molecule has 1 N–H and O–H groups in total. The molecule has 0 amide bonds. The molecule has 0 fully saturated rings. The lowest BCUT2D eigenvalue weighted by molar-refractivity contribution is 0.369. The topological polar surface area (TPSA) is 29.5 Å². The molecule has 0 aliphatic rings. The van der Waals surface area contributed by atoms with E-state index in [-0.39, 0.29) is 0 Å². The highest BCUT2D eigenvalue weighted by molar-refractivity contribution is 7.24. The van der Waals surface area contributed by atoms with E-state index in [0.29, 0.717) is 6.61 Å². The van der Waals surface area contributed by atoms with Crippen LogP contribution in [0.2, 0.25) is 0 Å². The summed E-state index contributed by atoms with van der Waals surface area (Å²) in [4.78, 5) is 7.96. The van der Waals surface area contributed by atoms with Crippen LogP contribution in [-0.4, -0.2) is 11.5 Å². The lowest BCUT2D eigenvalue weighted by atomic mass is 10.7. The van der Waals surface area contributed by atoms with Gasteiger partial charge in [0.05, 0.1) is 6.61 Å². The third kappa shape index (κ3) is 4.09. The van der Waals surface area contributed by atoms with E-state index in [4.69, 9.17) is 4.89 Å². The average molecular weight is 106 g/mol. The van der Waals surface area contributed by atoms with Gasteiger partial charge in [0.15, 0.2) is 9.03 Å². The maximum Gasteiger partial charge on any atom is 0.152 e. The molecule has 0 aliphatic carbocycles. The molecule has 3 heteroatoms. The second-order valence-electron chi connectivity index (χ2n) is 0.691. The first kappa shape index (κ1) is 6.09. The zero-order chi connectivity index (χ0) is 4.83. The van der Waals surface area contributed by atoms with Crippen molar-refractivity contribution in [3.8, 4) is 0 Å². The molecule has 0 aromatic rings. The third-order valence-electron chi connectivity index (χ3n) is 0.266. The van der Waals surface area contributed by atoms with Gasteiger partial charge in [-0.2, -0.15) is 0 Å². The summed E-state index contributed by atoms with van der Waals surface area (Å²) < 4.78 is 4.45. The highest BCUT2D eigenvalue weighted by atomic mass is 31.1. The smallest absolute Gasteiger partial charge is 0.152 e. The van der Waals surface area contributed by atoms with Crippen LogP contribution in [0.15, 0.2) is 12.7 Å². The van der Waals surface area contributed by atoms with Gasteiger partial charge in [-0.15, -0.1) is 6.58 Å². The molecular formula is C3H7O2P. The zero-order valence-electron chi connectivity index (χ0n) is 3.35. The Morgan fingerprint density at radius 1 is 2.00 bits per heavy atom. The largest absolute Gasteiger partial charge is 0.352 e. The van der Waals surface area contributed by atoms with Crippen molar-refractivity contribution in [2.45, 2.75) is 0 Å². The highest BCUT2D eigenvalue weighted by Crippen LogP contribution is 2.00. The van der Waals surface area contributed by atoms with Gasteiger partial charge in [-0.3, -0.25) is 0 Å². The molecule has 0 aliphatic heterocycles. The van der Waals surface area contributed by atoms with Gasteiger partial charge in [-0.05, 0) is 0 Å². The predicted molar refractivity (Wildman–Crippen MR) is 26.7 cm³/mol. The molecule has 0 heterocycles. The van der Waals surface area contributed by atoms with Crippen molar-refractivity contribution in [1.82, 2.24) is 0 Å². The Bertz CT molecular complexity index is 37.8. The Labute approximate surface area is 38.8 Å². The molecule has 0 aromatic heterocycles. The van der Waals surface area contributed by atoms with Crippen LogP contribution in [0.4, 0.5) is 0 Å². The maximum absolute atomic E-state index is 7.96. The summed E-state index contributed by atoms with van der Waals surface area (Å²) in [6.07, 6.45) is 1.59. The van der Waals surface area contributed by atoms with E-state index in [9.17, 15) is 0 Å². The lowest BCUT2D eigenvalue weighted by Crippen LogP contribution is -1.72. The van der Waals surface area contributed by atoms with Gasteiger partial charge in [0.25, 0.3) is 0 Å². The van der Waals surface area contributed by atoms with Crippen molar-refractivity contribution in [3.63, 3.8) is 0 Å². The van der Waals surface area contributed by atoms with Gasteiger partial charge in [-0.1, -0.05) is 6.08 Å². The summed E-state index contributed by atoms with van der Waals surface area (Å²) in [6, 6.07) is 0. The van der Waals surface area contributed by atoms with E-state index in [0.717, 1.165) is 0 Å². The Morgan fingerprint density at radius 3 is 2.83 bits per heavy atom. The Hall–Kier alpha value is 0.0900. The molecule has 6 heavy (non-hydrogen) atoms. The minimum absolute atomic E-state index is 0.407. The molecule has 0 saturated heterocycles. The minimum Gasteiger partial charge on any atom is -0.352 e. The summed E-state index contributed by atoms with van der Waals surface area (Å²) in [5.74, 6) is 0. The summed E-state index contributed by atoms with van der Waals surface area (Å²) in [5, 5.41) is 0. The fourth-order valence-electron chi connectivity index (χ4n) is 0.0962. The number of rotatable bonds is 3. The summed E-state index contributed by atoms with van der Waals surface area (Å²) in [7, 11) is -0.407. The average Bonchev–Trinajstić information content (AvgIpc) is 1.61. The fourth-order valence-corrected chi connectivity index (χ4v) is 0.289. The molecule has 1 unspecified atom stereocenters. The molecule has 1 atom stereocenters. The van der Waals surface area contributed by atoms with Crippen molar-refractivity contribution >= 4 is 9.03 Å². The van der Waals surface area contributed by atoms with Crippen LogP contribution in [0.1, 0.15) is 0 Å². The van der Waals surface area contributed by atoms with E-state index >= 15 is 0 Å². The van der Waals surface area contributed by atoms with Crippen LogP contribution in [0.3, 0.4) is 0 Å². The van der Waals surface area contributed by atoms with Gasteiger partial charge < -0.3 is 9.42 Å². The molecule has 0 bridgehead atoms. The van der Waals surface area contributed by atoms with Gasteiger partial charge in [0.2, 0.25) is 0 Å². The van der Waals surface area contributed by atoms with E-state index in [1.165, 1.54) is 0 Å². The van der Waals surface area contributed by atoms with E-state index in [1.807, 2.05) is 0 Å². The first-order chi connectivity index (χ1) is 2.91. The van der Waals surface area contributed by atoms with Crippen molar-refractivity contribution in [3.05, 3.63) is 12.7 Å². The molecule has 0 aromatic carbocycles. The molecule has 0 rings (SSSR count). The number of hydrogen-bond acceptors (Lipinski definition) is 2. The Kier molecular flexibility index (Phi) is 5.17. The molecular weight excluding hydrogens is 99.0 g/mol. The van der Waals surface area contributed by atoms with Crippen LogP contribution in [0.5, 0.6) is 0 Å². The molecule has 0 spiro atoms. The van der Waals surface area contributed by atoms with E-state index < -0.39 is 9.03 Å². The second kappa shape index (κ2) is 5.09.